The van der Waals surface area contributed by atoms with E-state index in [-0.39, 0.29) is 0 Å². The number of aromatic nitrogens is 2. The number of nitrogen functional groups attached to an aromatic ring is 1. The third-order valence-corrected chi connectivity index (χ3v) is 0.856. The first-order chi connectivity index (χ1) is 4.61. The third-order valence-electron chi connectivity index (χ3n) is 0.856. The van der Waals surface area contributed by atoms with Crippen LogP contribution in [0, 0.1) is 11.8 Å². The van der Waals surface area contributed by atoms with Gasteiger partial charge in [0.1, 0.15) is 0 Å². The summed E-state index contributed by atoms with van der Waals surface area (Å²) < 4.78 is 24.3. The highest BCUT2D eigenvalue weighted by Gasteiger charge is 2.07. The van der Waals surface area contributed by atoms with Crippen molar-refractivity contribution in [1.82, 2.24) is 9.97 Å². The number of halogens is 2. The Kier molecular flexibility index (Phi) is 1.37. The lowest BCUT2D eigenvalue weighted by atomic mass is 10.5. The molecular formula is C4H3F2N3O. The highest BCUT2D eigenvalue weighted by Crippen LogP contribution is 2.03. The maximum atomic E-state index is 12.2. The first-order valence-corrected chi connectivity index (χ1v) is 2.32. The predicted octanol–water partition coefficient (Wildman–Crippen LogP) is -0.370. The van der Waals surface area contributed by atoms with Crippen LogP contribution < -0.4 is 11.4 Å². The minimum atomic E-state index is -1.39. The maximum absolute atomic E-state index is 12.2. The smallest absolute Gasteiger partial charge is 0.349 e. The van der Waals surface area contributed by atoms with Crippen molar-refractivity contribution in [3.8, 4) is 0 Å². The second-order valence-corrected chi connectivity index (χ2v) is 1.56. The summed E-state index contributed by atoms with van der Waals surface area (Å²) in [5.74, 6) is -3.46. The number of anilines is 1. The number of rotatable bonds is 0. The predicted molar refractivity (Wildman–Crippen MR) is 29.2 cm³/mol. The fraction of sp³-hybridized carbons (Fsp3) is 0. The Morgan fingerprint density at radius 1 is 1.50 bits per heavy atom. The summed E-state index contributed by atoms with van der Waals surface area (Å²) in [6.45, 7) is 0. The van der Waals surface area contributed by atoms with Crippen molar-refractivity contribution in [1.29, 1.82) is 0 Å². The van der Waals surface area contributed by atoms with Crippen LogP contribution in [0.3, 0.4) is 0 Å². The van der Waals surface area contributed by atoms with Crippen LogP contribution in [0.15, 0.2) is 4.79 Å². The van der Waals surface area contributed by atoms with Crippen molar-refractivity contribution in [3.63, 3.8) is 0 Å². The first-order valence-electron chi connectivity index (χ1n) is 2.32. The van der Waals surface area contributed by atoms with Crippen molar-refractivity contribution in [2.24, 2.45) is 0 Å². The van der Waals surface area contributed by atoms with Crippen molar-refractivity contribution in [2.45, 2.75) is 0 Å². The number of nitrogens with zero attached hydrogens (tertiary/aromatic N) is 1. The molecule has 0 saturated carbocycles. The molecule has 0 aliphatic rings. The largest absolute Gasteiger partial charge is 0.381 e. The van der Waals surface area contributed by atoms with Gasteiger partial charge in [-0.2, -0.15) is 13.8 Å². The maximum Gasteiger partial charge on any atom is 0.349 e. The van der Waals surface area contributed by atoms with Crippen LogP contribution in [0.1, 0.15) is 0 Å². The molecule has 1 aromatic rings. The Labute approximate surface area is 53.7 Å². The zero-order chi connectivity index (χ0) is 7.72. The summed E-state index contributed by atoms with van der Waals surface area (Å²) >= 11 is 0. The molecule has 0 spiro atoms. The normalized spacial score (nSPS) is 9.80. The molecule has 3 N–H and O–H groups in total. The highest BCUT2D eigenvalue weighted by atomic mass is 19.2. The number of hydrogen-bond acceptors (Lipinski definition) is 3. The topological polar surface area (TPSA) is 71.8 Å². The van der Waals surface area contributed by atoms with E-state index in [1.807, 2.05) is 0 Å². The average molecular weight is 147 g/mol. The number of H-pyrrole nitrogens is 1. The Balaban J connectivity index is 3.46. The van der Waals surface area contributed by atoms with Gasteiger partial charge in [-0.1, -0.05) is 0 Å². The molecule has 1 heterocycles. The summed E-state index contributed by atoms with van der Waals surface area (Å²) in [5.41, 5.74) is 3.77. The quantitative estimate of drug-likeness (QED) is 0.492. The van der Waals surface area contributed by atoms with E-state index in [9.17, 15) is 13.6 Å². The highest BCUT2D eigenvalue weighted by molar-refractivity contribution is 5.26. The average Bonchev–Trinajstić information content (AvgIpc) is 1.82. The van der Waals surface area contributed by atoms with Crippen molar-refractivity contribution in [3.05, 3.63) is 22.2 Å². The molecule has 54 valence electrons. The van der Waals surface area contributed by atoms with Crippen LogP contribution in [0.4, 0.5) is 14.6 Å². The molecule has 0 aromatic carbocycles. The molecule has 0 unspecified atom stereocenters. The lowest BCUT2D eigenvalue weighted by molar-refractivity contribution is 0.473. The molecule has 6 heteroatoms. The van der Waals surface area contributed by atoms with Crippen LogP contribution in [0.2, 0.25) is 0 Å². The fourth-order valence-corrected chi connectivity index (χ4v) is 0.448. The zero-order valence-electron chi connectivity index (χ0n) is 4.69. The van der Waals surface area contributed by atoms with E-state index >= 15 is 0 Å². The van der Waals surface area contributed by atoms with Gasteiger partial charge in [0.05, 0.1) is 0 Å². The Hall–Kier alpha value is -1.46. The van der Waals surface area contributed by atoms with Gasteiger partial charge in [-0.05, 0) is 0 Å². The van der Waals surface area contributed by atoms with Gasteiger partial charge in [0.25, 0.3) is 0 Å². The second-order valence-electron chi connectivity index (χ2n) is 1.56. The molecule has 0 aliphatic carbocycles. The molecule has 0 saturated heterocycles. The Morgan fingerprint density at radius 3 is 2.60 bits per heavy atom. The van der Waals surface area contributed by atoms with Gasteiger partial charge < -0.3 is 5.73 Å². The van der Waals surface area contributed by atoms with Gasteiger partial charge in [0.2, 0.25) is 11.8 Å². The van der Waals surface area contributed by atoms with E-state index in [1.54, 1.807) is 0 Å². The van der Waals surface area contributed by atoms with Crippen LogP contribution in [-0.4, -0.2) is 9.97 Å². The number of nitrogens with one attached hydrogen (secondary N) is 1. The van der Waals surface area contributed by atoms with E-state index in [0.717, 1.165) is 0 Å². The van der Waals surface area contributed by atoms with Gasteiger partial charge in [0.15, 0.2) is 5.82 Å². The van der Waals surface area contributed by atoms with Crippen LogP contribution in [0.5, 0.6) is 0 Å². The molecule has 0 aliphatic heterocycles. The number of nitrogens with two attached hydrogens (primary N) is 1. The fourth-order valence-electron chi connectivity index (χ4n) is 0.448. The summed E-state index contributed by atoms with van der Waals surface area (Å²) in [6.07, 6.45) is 0. The van der Waals surface area contributed by atoms with Crippen molar-refractivity contribution >= 4 is 5.82 Å². The van der Waals surface area contributed by atoms with E-state index in [1.165, 1.54) is 4.98 Å². The molecule has 1 rings (SSSR count). The molecular weight excluding hydrogens is 144 g/mol. The summed E-state index contributed by atoms with van der Waals surface area (Å²) in [4.78, 5) is 14.6. The molecule has 0 amide bonds. The molecule has 0 atom stereocenters. The standard InChI is InChI=1S/C4H3F2N3O/c5-1-2(6)8-4(10)9-3(1)7/h(H3,7,8,9,10). The van der Waals surface area contributed by atoms with Crippen LogP contribution in [-0.2, 0) is 0 Å². The minimum Gasteiger partial charge on any atom is -0.381 e. The number of aromatic amines is 1. The van der Waals surface area contributed by atoms with Gasteiger partial charge in [-0.3, -0.25) is 4.98 Å². The monoisotopic (exact) mass is 147 g/mol. The van der Waals surface area contributed by atoms with Crippen molar-refractivity contribution in [2.75, 3.05) is 5.73 Å². The summed E-state index contributed by atoms with van der Waals surface area (Å²) in [6, 6.07) is 0. The summed E-state index contributed by atoms with van der Waals surface area (Å²) in [7, 11) is 0. The molecule has 0 bridgehead atoms. The summed E-state index contributed by atoms with van der Waals surface area (Å²) in [5, 5.41) is 0. The molecule has 1 aromatic heterocycles. The van der Waals surface area contributed by atoms with E-state index in [4.69, 9.17) is 5.73 Å². The van der Waals surface area contributed by atoms with E-state index < -0.39 is 23.3 Å². The number of hydrogen-bond donors (Lipinski definition) is 2. The van der Waals surface area contributed by atoms with E-state index in [2.05, 4.69) is 4.98 Å². The van der Waals surface area contributed by atoms with Crippen LogP contribution in [0.25, 0.3) is 0 Å². The van der Waals surface area contributed by atoms with Gasteiger partial charge >= 0.3 is 5.69 Å². The lowest BCUT2D eigenvalue weighted by Gasteiger charge is -1.92. The molecule has 4 nitrogen and oxygen atoms in total. The molecule has 10 heavy (non-hydrogen) atoms. The first kappa shape index (κ1) is 6.66. The lowest BCUT2D eigenvalue weighted by Crippen LogP contribution is -2.16. The SMILES string of the molecule is Nc1nc(=O)[nH]c(F)c1F. The second kappa shape index (κ2) is 2.05. The minimum absolute atomic E-state index is 0.735. The van der Waals surface area contributed by atoms with Gasteiger partial charge in [-0.25, -0.2) is 4.79 Å². The molecule has 0 radical (unpaired) electrons. The third kappa shape index (κ3) is 0.949. The van der Waals surface area contributed by atoms with Gasteiger partial charge in [0, 0.05) is 0 Å². The Morgan fingerprint density at radius 2 is 2.10 bits per heavy atom. The van der Waals surface area contributed by atoms with Crippen LogP contribution >= 0.6 is 0 Å². The Bertz CT molecular complexity index is 282. The van der Waals surface area contributed by atoms with E-state index in [0.29, 0.717) is 0 Å². The zero-order valence-corrected chi connectivity index (χ0v) is 4.69. The van der Waals surface area contributed by atoms with Crippen molar-refractivity contribution < 1.29 is 8.78 Å². The molecule has 0 fully saturated rings. The van der Waals surface area contributed by atoms with Gasteiger partial charge in [-0.15, -0.1) is 0 Å².